The van der Waals surface area contributed by atoms with E-state index in [9.17, 15) is 0 Å². The van der Waals surface area contributed by atoms with Crippen molar-refractivity contribution in [3.8, 4) is 11.3 Å². The maximum atomic E-state index is 5.29. The molecule has 0 aliphatic heterocycles. The maximum absolute atomic E-state index is 5.29. The van der Waals surface area contributed by atoms with Crippen molar-refractivity contribution in [2.75, 3.05) is 20.3 Å². The minimum Gasteiger partial charge on any atom is -0.383 e. The maximum Gasteiger partial charge on any atom is 0.174 e. The summed E-state index contributed by atoms with van der Waals surface area (Å²) < 4.78 is 12.1. The molecule has 0 aliphatic carbocycles. The van der Waals surface area contributed by atoms with E-state index in [0.29, 0.717) is 13.2 Å². The number of aromatic nitrogens is 3. The molecule has 0 unspecified atom stereocenters. The van der Waals surface area contributed by atoms with Crippen molar-refractivity contribution in [2.45, 2.75) is 20.0 Å². The minimum absolute atomic E-state index is 0.689. The minimum atomic E-state index is 0.689. The zero-order valence-electron chi connectivity index (χ0n) is 10.7. The molecule has 0 saturated heterocycles. The van der Waals surface area contributed by atoms with E-state index in [1.165, 1.54) is 0 Å². The molecule has 2 rings (SSSR count). The molecule has 0 aromatic carbocycles. The van der Waals surface area contributed by atoms with Gasteiger partial charge in [0, 0.05) is 38.5 Å². The SMILES string of the molecule is CCn1cc(-c2oncc2CNCCOC)cn1. The van der Waals surface area contributed by atoms with E-state index in [0.717, 1.165) is 30.0 Å². The number of hydrogen-bond acceptors (Lipinski definition) is 5. The Morgan fingerprint density at radius 2 is 2.33 bits per heavy atom. The smallest absolute Gasteiger partial charge is 0.174 e. The Morgan fingerprint density at radius 3 is 3.06 bits per heavy atom. The highest BCUT2D eigenvalue weighted by Gasteiger charge is 2.12. The predicted octanol–water partition coefficient (Wildman–Crippen LogP) is 1.29. The zero-order chi connectivity index (χ0) is 12.8. The molecule has 98 valence electrons. The van der Waals surface area contributed by atoms with Gasteiger partial charge in [0.1, 0.15) is 0 Å². The highest BCUT2D eigenvalue weighted by Crippen LogP contribution is 2.22. The molecule has 2 aromatic rings. The topological polar surface area (TPSA) is 65.1 Å². The fourth-order valence-electron chi connectivity index (χ4n) is 1.68. The normalized spacial score (nSPS) is 11.0. The Morgan fingerprint density at radius 1 is 1.44 bits per heavy atom. The number of nitrogens with one attached hydrogen (secondary N) is 1. The van der Waals surface area contributed by atoms with Gasteiger partial charge < -0.3 is 14.6 Å². The second-order valence-corrected chi connectivity index (χ2v) is 3.93. The zero-order valence-corrected chi connectivity index (χ0v) is 10.7. The summed E-state index contributed by atoms with van der Waals surface area (Å²) in [6.45, 7) is 5.09. The van der Waals surface area contributed by atoms with Crippen molar-refractivity contribution >= 4 is 0 Å². The molecule has 0 bridgehead atoms. The molecule has 0 saturated carbocycles. The molecule has 0 radical (unpaired) electrons. The Bertz CT molecular complexity index is 478. The largest absolute Gasteiger partial charge is 0.383 e. The van der Waals surface area contributed by atoms with Crippen LogP contribution >= 0.6 is 0 Å². The fraction of sp³-hybridized carbons (Fsp3) is 0.500. The van der Waals surface area contributed by atoms with Crippen LogP contribution in [-0.2, 0) is 17.8 Å². The monoisotopic (exact) mass is 250 g/mol. The van der Waals surface area contributed by atoms with Crippen LogP contribution < -0.4 is 5.32 Å². The summed E-state index contributed by atoms with van der Waals surface area (Å²) >= 11 is 0. The Labute approximate surface area is 106 Å². The number of nitrogens with zero attached hydrogens (tertiary/aromatic N) is 3. The van der Waals surface area contributed by atoms with Crippen molar-refractivity contribution in [3.05, 3.63) is 24.2 Å². The molecule has 0 spiro atoms. The first kappa shape index (κ1) is 12.8. The van der Waals surface area contributed by atoms with Crippen LogP contribution in [0.25, 0.3) is 11.3 Å². The predicted molar refractivity (Wildman–Crippen MR) is 67.0 cm³/mol. The Balaban J connectivity index is 2.02. The van der Waals surface area contributed by atoms with E-state index in [4.69, 9.17) is 9.26 Å². The lowest BCUT2D eigenvalue weighted by molar-refractivity contribution is 0.199. The van der Waals surface area contributed by atoms with Crippen LogP contribution in [0.4, 0.5) is 0 Å². The van der Waals surface area contributed by atoms with E-state index in [2.05, 4.69) is 15.6 Å². The summed E-state index contributed by atoms with van der Waals surface area (Å²) in [5.41, 5.74) is 1.99. The second kappa shape index (κ2) is 6.32. The first-order chi connectivity index (χ1) is 8.85. The van der Waals surface area contributed by atoms with Crippen molar-refractivity contribution in [1.82, 2.24) is 20.3 Å². The summed E-state index contributed by atoms with van der Waals surface area (Å²) in [6.07, 6.45) is 5.49. The molecule has 0 atom stereocenters. The molecule has 0 aliphatic rings. The standard InChI is InChI=1S/C12H18N4O2/c1-3-16-9-11(7-14-16)12-10(8-15-18-12)6-13-4-5-17-2/h7-9,13H,3-6H2,1-2H3. The lowest BCUT2D eigenvalue weighted by atomic mass is 10.2. The summed E-state index contributed by atoms with van der Waals surface area (Å²) in [4.78, 5) is 0. The summed E-state index contributed by atoms with van der Waals surface area (Å²) in [6, 6.07) is 0. The Hall–Kier alpha value is -1.66. The summed E-state index contributed by atoms with van der Waals surface area (Å²) in [5.74, 6) is 0.777. The van der Waals surface area contributed by atoms with Gasteiger partial charge in [-0.3, -0.25) is 4.68 Å². The average Bonchev–Trinajstić information content (AvgIpc) is 3.02. The Kier molecular flexibility index (Phi) is 4.49. The van der Waals surface area contributed by atoms with Gasteiger partial charge in [0.05, 0.1) is 24.6 Å². The van der Waals surface area contributed by atoms with Gasteiger partial charge in [0.15, 0.2) is 5.76 Å². The second-order valence-electron chi connectivity index (χ2n) is 3.93. The number of methoxy groups -OCH3 is 1. The van der Waals surface area contributed by atoms with Gasteiger partial charge in [0.2, 0.25) is 0 Å². The van der Waals surface area contributed by atoms with Gasteiger partial charge in [-0.05, 0) is 6.92 Å². The average molecular weight is 250 g/mol. The molecule has 2 aromatic heterocycles. The lowest BCUT2D eigenvalue weighted by Crippen LogP contribution is -2.18. The van der Waals surface area contributed by atoms with Crippen LogP contribution in [0.1, 0.15) is 12.5 Å². The first-order valence-corrected chi connectivity index (χ1v) is 6.01. The van der Waals surface area contributed by atoms with Crippen LogP contribution in [0.5, 0.6) is 0 Å². The van der Waals surface area contributed by atoms with Crippen LogP contribution in [0, 0.1) is 0 Å². The quantitative estimate of drug-likeness (QED) is 0.750. The summed E-state index contributed by atoms with van der Waals surface area (Å²) in [5, 5.41) is 11.3. The van der Waals surface area contributed by atoms with E-state index in [-0.39, 0.29) is 0 Å². The third kappa shape index (κ3) is 2.96. The number of rotatable bonds is 7. The molecule has 0 amide bonds. The first-order valence-electron chi connectivity index (χ1n) is 6.01. The third-order valence-corrected chi connectivity index (χ3v) is 2.66. The third-order valence-electron chi connectivity index (χ3n) is 2.66. The van der Waals surface area contributed by atoms with Gasteiger partial charge in [0.25, 0.3) is 0 Å². The van der Waals surface area contributed by atoms with E-state index in [1.807, 2.05) is 17.8 Å². The molecular weight excluding hydrogens is 232 g/mol. The molecular formula is C12H18N4O2. The van der Waals surface area contributed by atoms with Crippen LogP contribution in [0.3, 0.4) is 0 Å². The lowest BCUT2D eigenvalue weighted by Gasteiger charge is -2.02. The fourth-order valence-corrected chi connectivity index (χ4v) is 1.68. The highest BCUT2D eigenvalue weighted by molar-refractivity contribution is 5.58. The van der Waals surface area contributed by atoms with E-state index < -0.39 is 0 Å². The van der Waals surface area contributed by atoms with Crippen molar-refractivity contribution in [2.24, 2.45) is 0 Å². The van der Waals surface area contributed by atoms with Crippen LogP contribution in [-0.4, -0.2) is 35.2 Å². The van der Waals surface area contributed by atoms with E-state index in [1.54, 1.807) is 19.5 Å². The van der Waals surface area contributed by atoms with Gasteiger partial charge in [-0.2, -0.15) is 5.10 Å². The van der Waals surface area contributed by atoms with Gasteiger partial charge >= 0.3 is 0 Å². The van der Waals surface area contributed by atoms with Crippen molar-refractivity contribution in [3.63, 3.8) is 0 Å². The van der Waals surface area contributed by atoms with Gasteiger partial charge in [-0.15, -0.1) is 0 Å². The summed E-state index contributed by atoms with van der Waals surface area (Å²) in [7, 11) is 1.69. The molecule has 2 heterocycles. The van der Waals surface area contributed by atoms with Crippen molar-refractivity contribution < 1.29 is 9.26 Å². The molecule has 0 fully saturated rings. The van der Waals surface area contributed by atoms with E-state index >= 15 is 0 Å². The van der Waals surface area contributed by atoms with Crippen LogP contribution in [0.15, 0.2) is 23.1 Å². The molecule has 6 nitrogen and oxygen atoms in total. The van der Waals surface area contributed by atoms with Crippen molar-refractivity contribution in [1.29, 1.82) is 0 Å². The van der Waals surface area contributed by atoms with Crippen LogP contribution in [0.2, 0.25) is 0 Å². The highest BCUT2D eigenvalue weighted by atomic mass is 16.5. The van der Waals surface area contributed by atoms with Gasteiger partial charge in [-0.1, -0.05) is 5.16 Å². The molecule has 1 N–H and O–H groups in total. The molecule has 6 heteroatoms. The number of ether oxygens (including phenoxy) is 1. The number of aryl methyl sites for hydroxylation is 1. The molecule has 18 heavy (non-hydrogen) atoms. The number of hydrogen-bond donors (Lipinski definition) is 1. The van der Waals surface area contributed by atoms with Gasteiger partial charge in [-0.25, -0.2) is 0 Å².